The average Bonchev–Trinajstić information content (AvgIpc) is 2.69. The van der Waals surface area contributed by atoms with Crippen molar-refractivity contribution < 1.29 is 14.7 Å². The van der Waals surface area contributed by atoms with Crippen molar-refractivity contribution in [3.8, 4) is 0 Å². The van der Waals surface area contributed by atoms with Gasteiger partial charge in [0, 0.05) is 6.54 Å². The third-order valence-electron chi connectivity index (χ3n) is 2.27. The maximum absolute atomic E-state index is 11.4. The van der Waals surface area contributed by atoms with Gasteiger partial charge in [0.2, 0.25) is 5.13 Å². The Morgan fingerprint density at radius 2 is 2.17 bits per heavy atom. The zero-order valence-electron chi connectivity index (χ0n) is 10.3. The molecule has 18 heavy (non-hydrogen) atoms. The molecule has 0 radical (unpaired) electrons. The van der Waals surface area contributed by atoms with Crippen LogP contribution in [0.5, 0.6) is 0 Å². The van der Waals surface area contributed by atoms with E-state index in [2.05, 4.69) is 20.8 Å². The van der Waals surface area contributed by atoms with Crippen molar-refractivity contribution in [3.05, 3.63) is 5.01 Å². The number of hydrogen-bond acceptors (Lipinski definition) is 5. The smallest absolute Gasteiger partial charge is 0.321 e. The average molecular weight is 272 g/mol. The summed E-state index contributed by atoms with van der Waals surface area (Å²) in [6.07, 6.45) is 1.16. The minimum Gasteiger partial charge on any atom is -0.481 e. The summed E-state index contributed by atoms with van der Waals surface area (Å²) in [4.78, 5) is 22.0. The molecule has 0 aliphatic heterocycles. The highest BCUT2D eigenvalue weighted by molar-refractivity contribution is 7.15. The van der Waals surface area contributed by atoms with E-state index >= 15 is 0 Å². The molecule has 3 N–H and O–H groups in total. The van der Waals surface area contributed by atoms with Crippen molar-refractivity contribution in [2.75, 3.05) is 11.9 Å². The molecule has 0 fully saturated rings. The van der Waals surface area contributed by atoms with Crippen molar-refractivity contribution in [2.45, 2.75) is 26.7 Å². The van der Waals surface area contributed by atoms with Crippen LogP contribution in [0.2, 0.25) is 0 Å². The Bertz CT molecular complexity index is 421. The predicted octanol–water partition coefficient (Wildman–Crippen LogP) is 1.47. The summed E-state index contributed by atoms with van der Waals surface area (Å²) in [6, 6.07) is -0.353. The first kappa shape index (κ1) is 14.4. The van der Waals surface area contributed by atoms with Crippen LogP contribution in [0.15, 0.2) is 0 Å². The summed E-state index contributed by atoms with van der Waals surface area (Å²) >= 11 is 1.29. The standard InChI is InChI=1S/C10H16N4O3S/c1-6(8(15)16)4-3-5-11-9(17)12-10-14-13-7(2)18-10/h6H,3-5H2,1-2H3,(H,15,16)(H2,11,12,14,17). The lowest BCUT2D eigenvalue weighted by Gasteiger charge is -2.07. The molecule has 0 aliphatic carbocycles. The Hall–Kier alpha value is -1.70. The largest absolute Gasteiger partial charge is 0.481 e. The number of rotatable bonds is 6. The molecule has 1 aromatic rings. The quantitative estimate of drug-likeness (QED) is 0.680. The summed E-state index contributed by atoms with van der Waals surface area (Å²) in [5, 5.41) is 22.6. The number of nitrogens with zero attached hydrogens (tertiary/aromatic N) is 2. The summed E-state index contributed by atoms with van der Waals surface area (Å²) in [5.41, 5.74) is 0. The zero-order valence-corrected chi connectivity index (χ0v) is 11.1. The fourth-order valence-electron chi connectivity index (χ4n) is 1.22. The van der Waals surface area contributed by atoms with Crippen molar-refractivity contribution in [3.63, 3.8) is 0 Å². The van der Waals surface area contributed by atoms with Gasteiger partial charge in [0.15, 0.2) is 0 Å². The lowest BCUT2D eigenvalue weighted by Crippen LogP contribution is -2.29. The number of amides is 2. The Morgan fingerprint density at radius 3 is 2.72 bits per heavy atom. The molecule has 0 spiro atoms. The highest BCUT2D eigenvalue weighted by Crippen LogP contribution is 2.13. The SMILES string of the molecule is Cc1nnc(NC(=O)NCCCC(C)C(=O)O)s1. The fraction of sp³-hybridized carbons (Fsp3) is 0.600. The number of nitrogens with one attached hydrogen (secondary N) is 2. The first-order valence-corrected chi connectivity index (χ1v) is 6.38. The second-order valence-corrected chi connectivity index (χ2v) is 5.07. The van der Waals surface area contributed by atoms with E-state index in [-0.39, 0.29) is 11.9 Å². The Kier molecular flexibility index (Phi) is 5.50. The second-order valence-electron chi connectivity index (χ2n) is 3.89. The summed E-state index contributed by atoms with van der Waals surface area (Å²) in [5.74, 6) is -1.20. The molecule has 8 heteroatoms. The van der Waals surface area contributed by atoms with Crippen LogP contribution < -0.4 is 10.6 Å². The van der Waals surface area contributed by atoms with Gasteiger partial charge in [0.05, 0.1) is 5.92 Å². The minimum atomic E-state index is -0.816. The number of urea groups is 1. The van der Waals surface area contributed by atoms with E-state index in [1.807, 2.05) is 0 Å². The van der Waals surface area contributed by atoms with Gasteiger partial charge in [-0.05, 0) is 19.8 Å². The van der Waals surface area contributed by atoms with Gasteiger partial charge in [-0.15, -0.1) is 10.2 Å². The number of aliphatic carboxylic acids is 1. The molecule has 7 nitrogen and oxygen atoms in total. The van der Waals surface area contributed by atoms with Crippen LogP contribution in [0.3, 0.4) is 0 Å². The first-order valence-electron chi connectivity index (χ1n) is 5.57. The number of hydrogen-bond donors (Lipinski definition) is 3. The number of carbonyl (C=O) groups is 2. The maximum Gasteiger partial charge on any atom is 0.321 e. The van der Waals surface area contributed by atoms with Crippen molar-refractivity contribution in [2.24, 2.45) is 5.92 Å². The van der Waals surface area contributed by atoms with Gasteiger partial charge in [-0.3, -0.25) is 10.1 Å². The summed E-state index contributed by atoms with van der Waals surface area (Å²) < 4.78 is 0. The van der Waals surface area contributed by atoms with E-state index in [1.54, 1.807) is 13.8 Å². The topological polar surface area (TPSA) is 104 Å². The van der Waals surface area contributed by atoms with Crippen LogP contribution in [-0.4, -0.2) is 33.8 Å². The van der Waals surface area contributed by atoms with Crippen LogP contribution in [0.1, 0.15) is 24.8 Å². The lowest BCUT2D eigenvalue weighted by atomic mass is 10.1. The number of carbonyl (C=O) groups excluding carboxylic acids is 1. The number of aromatic nitrogens is 2. The Balaban J connectivity index is 2.16. The van der Waals surface area contributed by atoms with Gasteiger partial charge in [0.1, 0.15) is 5.01 Å². The van der Waals surface area contributed by atoms with Crippen molar-refractivity contribution in [1.29, 1.82) is 0 Å². The highest BCUT2D eigenvalue weighted by Gasteiger charge is 2.10. The van der Waals surface area contributed by atoms with Crippen molar-refractivity contribution >= 4 is 28.5 Å². The molecule has 0 saturated carbocycles. The molecule has 1 rings (SSSR count). The van der Waals surface area contributed by atoms with E-state index in [0.717, 1.165) is 5.01 Å². The van der Waals surface area contributed by atoms with Crippen LogP contribution in [0.4, 0.5) is 9.93 Å². The number of aryl methyl sites for hydroxylation is 1. The molecule has 1 atom stereocenters. The van der Waals surface area contributed by atoms with E-state index in [4.69, 9.17) is 5.11 Å². The minimum absolute atomic E-state index is 0.353. The second kappa shape index (κ2) is 6.90. The Labute approximate surface area is 109 Å². The highest BCUT2D eigenvalue weighted by atomic mass is 32.1. The van der Waals surface area contributed by atoms with Crippen LogP contribution in [0.25, 0.3) is 0 Å². The maximum atomic E-state index is 11.4. The lowest BCUT2D eigenvalue weighted by molar-refractivity contribution is -0.141. The third kappa shape index (κ3) is 5.09. The molecule has 1 unspecified atom stereocenters. The van der Waals surface area contributed by atoms with Gasteiger partial charge < -0.3 is 10.4 Å². The van der Waals surface area contributed by atoms with E-state index in [0.29, 0.717) is 24.5 Å². The molecule has 1 aromatic heterocycles. The molecular formula is C10H16N4O3S. The molecule has 0 saturated heterocycles. The van der Waals surface area contributed by atoms with E-state index < -0.39 is 5.97 Å². The van der Waals surface area contributed by atoms with Crippen molar-refractivity contribution in [1.82, 2.24) is 15.5 Å². The number of carboxylic acids is 1. The molecule has 0 aliphatic rings. The van der Waals surface area contributed by atoms with E-state index in [1.165, 1.54) is 11.3 Å². The van der Waals surface area contributed by atoms with Gasteiger partial charge in [-0.25, -0.2) is 4.79 Å². The normalized spacial score (nSPS) is 11.9. The molecule has 1 heterocycles. The fourth-order valence-corrected chi connectivity index (χ4v) is 1.81. The number of anilines is 1. The Morgan fingerprint density at radius 1 is 1.44 bits per heavy atom. The molecule has 0 aromatic carbocycles. The first-order chi connectivity index (χ1) is 8.49. The number of carboxylic acid groups (broad SMARTS) is 1. The summed E-state index contributed by atoms with van der Waals surface area (Å²) in [7, 11) is 0. The molecule has 2 amide bonds. The van der Waals surface area contributed by atoms with Gasteiger partial charge >= 0.3 is 12.0 Å². The van der Waals surface area contributed by atoms with Gasteiger partial charge in [-0.1, -0.05) is 18.3 Å². The van der Waals surface area contributed by atoms with Gasteiger partial charge in [0.25, 0.3) is 0 Å². The summed E-state index contributed by atoms with van der Waals surface area (Å²) in [6.45, 7) is 3.88. The molecular weight excluding hydrogens is 256 g/mol. The monoisotopic (exact) mass is 272 g/mol. The van der Waals surface area contributed by atoms with Crippen LogP contribution in [-0.2, 0) is 4.79 Å². The van der Waals surface area contributed by atoms with Crippen LogP contribution in [0, 0.1) is 12.8 Å². The third-order valence-corrected chi connectivity index (χ3v) is 3.02. The van der Waals surface area contributed by atoms with E-state index in [9.17, 15) is 9.59 Å². The molecule has 100 valence electrons. The zero-order chi connectivity index (χ0) is 13.5. The van der Waals surface area contributed by atoms with Gasteiger partial charge in [-0.2, -0.15) is 0 Å². The molecule has 0 bridgehead atoms. The predicted molar refractivity (Wildman–Crippen MR) is 67.7 cm³/mol. The van der Waals surface area contributed by atoms with Crippen LogP contribution >= 0.6 is 11.3 Å².